The number of nitrogens with zero attached hydrogens (tertiary/aromatic N) is 1. The summed E-state index contributed by atoms with van der Waals surface area (Å²) in [6, 6.07) is 0. The van der Waals surface area contributed by atoms with Gasteiger partial charge in [0.25, 0.3) is 6.47 Å². The summed E-state index contributed by atoms with van der Waals surface area (Å²) in [6.45, 7) is 5.98. The van der Waals surface area contributed by atoms with Gasteiger partial charge in [-0.1, -0.05) is 17.4 Å². The number of carbonyl (C=O) groups is 1. The van der Waals surface area contributed by atoms with Gasteiger partial charge in [0.15, 0.2) is 12.2 Å². The summed E-state index contributed by atoms with van der Waals surface area (Å²) >= 11 is 1.71. The molecule has 0 saturated carbocycles. The molecule has 0 aliphatic rings. The number of carbonyl (C=O) groups excluding carboxylic acids is 1. The van der Waals surface area contributed by atoms with Crippen LogP contribution in [0, 0.1) is 6.92 Å². The Morgan fingerprint density at radius 3 is 3.07 bits per heavy atom. The minimum absolute atomic E-state index is 0.467. The van der Waals surface area contributed by atoms with Crippen molar-refractivity contribution >= 4 is 17.8 Å². The largest absolute Gasteiger partial charge is 0.468 e. The first kappa shape index (κ1) is 11.9. The zero-order valence-electron chi connectivity index (χ0n) is 9.10. The molecule has 1 aromatic heterocycles. The second-order valence-corrected chi connectivity index (χ2v) is 4.11. The van der Waals surface area contributed by atoms with Gasteiger partial charge in [-0.15, -0.1) is 0 Å². The van der Waals surface area contributed by atoms with Gasteiger partial charge in [0, 0.05) is 13.3 Å². The molecule has 82 valence electrons. The molecule has 1 heterocycles. The molecule has 4 heteroatoms. The van der Waals surface area contributed by atoms with E-state index in [2.05, 4.69) is 27.8 Å². The van der Waals surface area contributed by atoms with E-state index in [1.807, 2.05) is 13.0 Å². The van der Waals surface area contributed by atoms with Crippen LogP contribution in [-0.4, -0.2) is 13.1 Å². The van der Waals surface area contributed by atoms with E-state index < -0.39 is 0 Å². The molecule has 0 saturated heterocycles. The highest BCUT2D eigenvalue weighted by molar-refractivity contribution is 7.09. The Hall–Kier alpha value is -1.16. The van der Waals surface area contributed by atoms with Gasteiger partial charge in [-0.2, -0.15) is 4.57 Å². The molecular weight excluding hydrogens is 210 g/mol. The summed E-state index contributed by atoms with van der Waals surface area (Å²) < 4.78 is 6.88. The number of aromatic nitrogens is 1. The lowest BCUT2D eigenvalue weighted by Gasteiger charge is -1.95. The van der Waals surface area contributed by atoms with Gasteiger partial charge in [-0.05, 0) is 13.0 Å². The first-order valence-electron chi connectivity index (χ1n) is 4.92. The van der Waals surface area contributed by atoms with Gasteiger partial charge in [-0.3, -0.25) is 4.79 Å². The average Bonchev–Trinajstić information content (AvgIpc) is 2.58. The fourth-order valence-electron chi connectivity index (χ4n) is 1.29. The Bertz CT molecular complexity index is 344. The van der Waals surface area contributed by atoms with Crippen LogP contribution < -0.4 is 4.57 Å². The van der Waals surface area contributed by atoms with Crippen LogP contribution in [0.25, 0.3) is 0 Å². The molecule has 0 aromatic carbocycles. The molecule has 0 amide bonds. The molecule has 1 aromatic rings. The molecule has 0 N–H and O–H groups in total. The molecule has 0 unspecified atom stereocenters. The number of hydrogen-bond acceptors (Lipinski definition) is 3. The van der Waals surface area contributed by atoms with Gasteiger partial charge in [0.1, 0.15) is 0 Å². The Balaban J connectivity index is 2.58. The van der Waals surface area contributed by atoms with Crippen molar-refractivity contribution in [3.8, 4) is 0 Å². The van der Waals surface area contributed by atoms with E-state index in [9.17, 15) is 4.79 Å². The number of ether oxygens (including phenoxy) is 1. The Labute approximate surface area is 94.0 Å². The molecule has 0 bridgehead atoms. The van der Waals surface area contributed by atoms with Crippen molar-refractivity contribution in [3.05, 3.63) is 28.2 Å². The minimum atomic E-state index is 0.467. The Morgan fingerprint density at radius 1 is 1.60 bits per heavy atom. The van der Waals surface area contributed by atoms with Gasteiger partial charge >= 0.3 is 0 Å². The average molecular weight is 226 g/mol. The monoisotopic (exact) mass is 226 g/mol. The van der Waals surface area contributed by atoms with Gasteiger partial charge in [-0.25, -0.2) is 0 Å². The fourth-order valence-corrected chi connectivity index (χ4v) is 2.28. The van der Waals surface area contributed by atoms with E-state index in [0.717, 1.165) is 13.0 Å². The maximum Gasteiger partial charge on any atom is 0.293 e. The van der Waals surface area contributed by atoms with Crippen molar-refractivity contribution < 1.29 is 14.1 Å². The van der Waals surface area contributed by atoms with Crippen LogP contribution in [0.2, 0.25) is 0 Å². The molecule has 0 aliphatic carbocycles. The summed E-state index contributed by atoms with van der Waals surface area (Å²) in [7, 11) is 0. The number of thiazole rings is 1. The summed E-state index contributed by atoms with van der Waals surface area (Å²) in [4.78, 5) is 11.3. The van der Waals surface area contributed by atoms with Crippen LogP contribution in [-0.2, 0) is 22.5 Å². The predicted octanol–water partition coefficient (Wildman–Crippen LogP) is 1.64. The lowest BCUT2D eigenvalue weighted by molar-refractivity contribution is -0.688. The molecule has 3 nitrogen and oxygen atoms in total. The highest BCUT2D eigenvalue weighted by atomic mass is 32.1. The summed E-state index contributed by atoms with van der Waals surface area (Å²) in [5.74, 6) is 0. The first-order chi connectivity index (χ1) is 7.29. The van der Waals surface area contributed by atoms with E-state index in [4.69, 9.17) is 0 Å². The summed E-state index contributed by atoms with van der Waals surface area (Å²) in [5.41, 5.74) is 3.36. The van der Waals surface area contributed by atoms with Crippen molar-refractivity contribution in [2.45, 2.75) is 26.8 Å². The maximum absolute atomic E-state index is 9.99. The zero-order valence-corrected chi connectivity index (χ0v) is 9.92. The number of allylic oxidation sites excluding steroid dienone is 2. The van der Waals surface area contributed by atoms with Crippen LogP contribution in [0.1, 0.15) is 17.5 Å². The SMILES string of the molecule is C/C=C/C[n+]1csc(CCOC=O)c1C. The normalized spacial score (nSPS) is 10.8. The summed E-state index contributed by atoms with van der Waals surface area (Å²) in [6.07, 6.45) is 4.96. The Morgan fingerprint density at radius 2 is 2.40 bits per heavy atom. The van der Waals surface area contributed by atoms with Gasteiger partial charge < -0.3 is 4.74 Å². The van der Waals surface area contributed by atoms with E-state index in [0.29, 0.717) is 13.1 Å². The van der Waals surface area contributed by atoms with Crippen LogP contribution in [0.3, 0.4) is 0 Å². The lowest BCUT2D eigenvalue weighted by atomic mass is 10.3. The maximum atomic E-state index is 9.99. The topological polar surface area (TPSA) is 30.2 Å². The quantitative estimate of drug-likeness (QED) is 0.319. The van der Waals surface area contributed by atoms with E-state index >= 15 is 0 Å². The highest BCUT2D eigenvalue weighted by Crippen LogP contribution is 2.11. The van der Waals surface area contributed by atoms with Crippen molar-refractivity contribution in [1.29, 1.82) is 0 Å². The fraction of sp³-hybridized carbons (Fsp3) is 0.455. The molecule has 0 fully saturated rings. The van der Waals surface area contributed by atoms with E-state index in [-0.39, 0.29) is 0 Å². The lowest BCUT2D eigenvalue weighted by Crippen LogP contribution is -2.33. The first-order valence-corrected chi connectivity index (χ1v) is 5.80. The van der Waals surface area contributed by atoms with Gasteiger partial charge in [0.2, 0.25) is 5.51 Å². The Kier molecular flexibility index (Phi) is 5.04. The molecule has 0 aliphatic heterocycles. The van der Waals surface area contributed by atoms with Crippen molar-refractivity contribution in [3.63, 3.8) is 0 Å². The molecule has 15 heavy (non-hydrogen) atoms. The smallest absolute Gasteiger partial charge is 0.293 e. The number of hydrogen-bond donors (Lipinski definition) is 0. The number of rotatable bonds is 6. The van der Waals surface area contributed by atoms with Crippen LogP contribution >= 0.6 is 11.3 Å². The van der Waals surface area contributed by atoms with Crippen LogP contribution in [0.4, 0.5) is 0 Å². The minimum Gasteiger partial charge on any atom is -0.468 e. The van der Waals surface area contributed by atoms with Crippen molar-refractivity contribution in [2.75, 3.05) is 6.61 Å². The molecular formula is C11H16NO2S+. The molecule has 0 atom stereocenters. The van der Waals surface area contributed by atoms with Crippen LogP contribution in [0.5, 0.6) is 0 Å². The molecule has 0 spiro atoms. The van der Waals surface area contributed by atoms with Crippen molar-refractivity contribution in [1.82, 2.24) is 0 Å². The standard InChI is InChI=1S/C11H16NO2S/c1-3-4-6-12-8-15-11(10(12)2)5-7-14-9-13/h3-4,8-9H,5-7H2,1-2H3/q+1/b4-3+. The second-order valence-electron chi connectivity index (χ2n) is 3.17. The third-order valence-electron chi connectivity index (χ3n) is 2.21. The second kappa shape index (κ2) is 6.35. The van der Waals surface area contributed by atoms with Crippen molar-refractivity contribution in [2.24, 2.45) is 0 Å². The highest BCUT2D eigenvalue weighted by Gasteiger charge is 2.13. The van der Waals surface area contributed by atoms with E-state index in [1.165, 1.54) is 10.6 Å². The molecule has 1 rings (SSSR count). The summed E-state index contributed by atoms with van der Waals surface area (Å²) in [5, 5.41) is 0. The molecule has 0 radical (unpaired) electrons. The predicted molar refractivity (Wildman–Crippen MR) is 59.8 cm³/mol. The zero-order chi connectivity index (χ0) is 11.1. The third-order valence-corrected chi connectivity index (χ3v) is 3.35. The van der Waals surface area contributed by atoms with Gasteiger partial charge in [0.05, 0.1) is 11.5 Å². The van der Waals surface area contributed by atoms with Crippen LogP contribution in [0.15, 0.2) is 17.7 Å². The van der Waals surface area contributed by atoms with E-state index in [1.54, 1.807) is 11.3 Å². The third kappa shape index (κ3) is 3.47.